The summed E-state index contributed by atoms with van der Waals surface area (Å²) in [6, 6.07) is 5.51. The maximum Gasteiger partial charge on any atom is 0.303 e. The van der Waals surface area contributed by atoms with E-state index in [2.05, 4.69) is 0 Å². The fourth-order valence-corrected chi connectivity index (χ4v) is 2.26. The van der Waals surface area contributed by atoms with Crippen molar-refractivity contribution in [1.82, 2.24) is 0 Å². The van der Waals surface area contributed by atoms with Gasteiger partial charge < -0.3 is 10.2 Å². The second-order valence-corrected chi connectivity index (χ2v) is 4.12. The number of carboxylic acid groups (broad SMARTS) is 1. The van der Waals surface area contributed by atoms with Crippen LogP contribution in [0.2, 0.25) is 0 Å². The number of hydrogen-bond donors (Lipinski definition) is 2. The van der Waals surface area contributed by atoms with Gasteiger partial charge in [-0.25, -0.2) is 0 Å². The predicted octanol–water partition coefficient (Wildman–Crippen LogP) is 1.97. The lowest BCUT2D eigenvalue weighted by atomic mass is 9.82. The molecule has 80 valence electrons. The Bertz CT molecular complexity index is 384. The van der Waals surface area contributed by atoms with Gasteiger partial charge in [0.05, 0.1) is 0 Å². The van der Waals surface area contributed by atoms with E-state index in [1.54, 1.807) is 6.07 Å². The normalized spacial score (nSPS) is 19.6. The van der Waals surface area contributed by atoms with Gasteiger partial charge in [-0.05, 0) is 42.4 Å². The zero-order chi connectivity index (χ0) is 10.8. The molecule has 1 aromatic rings. The van der Waals surface area contributed by atoms with Crippen LogP contribution < -0.4 is 0 Å². The molecule has 0 spiro atoms. The number of rotatable bonds is 2. The van der Waals surface area contributed by atoms with Crippen molar-refractivity contribution in [3.05, 3.63) is 29.3 Å². The zero-order valence-corrected chi connectivity index (χ0v) is 8.44. The van der Waals surface area contributed by atoms with E-state index < -0.39 is 5.97 Å². The minimum atomic E-state index is -0.751. The zero-order valence-electron chi connectivity index (χ0n) is 8.44. The van der Waals surface area contributed by atoms with Crippen molar-refractivity contribution in [3.8, 4) is 5.75 Å². The van der Waals surface area contributed by atoms with Crippen LogP contribution >= 0.6 is 0 Å². The van der Waals surface area contributed by atoms with Gasteiger partial charge in [0.25, 0.3) is 0 Å². The van der Waals surface area contributed by atoms with Gasteiger partial charge >= 0.3 is 5.97 Å². The van der Waals surface area contributed by atoms with Crippen molar-refractivity contribution in [3.63, 3.8) is 0 Å². The summed E-state index contributed by atoms with van der Waals surface area (Å²) in [4.78, 5) is 10.6. The Morgan fingerprint density at radius 2 is 2.27 bits per heavy atom. The summed E-state index contributed by atoms with van der Waals surface area (Å²) in [5, 5.41) is 18.4. The highest BCUT2D eigenvalue weighted by atomic mass is 16.4. The number of fused-ring (bicyclic) bond motifs is 1. The smallest absolute Gasteiger partial charge is 0.303 e. The third-order valence-corrected chi connectivity index (χ3v) is 3.03. The number of phenolic OH excluding ortho intramolecular Hbond substituents is 1. The maximum atomic E-state index is 10.6. The molecule has 0 heterocycles. The summed E-state index contributed by atoms with van der Waals surface area (Å²) in [6.07, 6.45) is 2.67. The van der Waals surface area contributed by atoms with Crippen molar-refractivity contribution in [2.45, 2.75) is 25.7 Å². The third kappa shape index (κ3) is 2.12. The monoisotopic (exact) mass is 206 g/mol. The molecular formula is C12H14O3. The van der Waals surface area contributed by atoms with Crippen LogP contribution in [0.1, 0.15) is 24.0 Å². The molecule has 2 rings (SSSR count). The summed E-state index contributed by atoms with van der Waals surface area (Å²) in [5.74, 6) is -0.273. The van der Waals surface area contributed by atoms with Gasteiger partial charge in [-0.15, -0.1) is 0 Å². The molecule has 0 aromatic heterocycles. The standard InChI is InChI=1S/C12H14O3/c13-11-3-1-2-9-5-4-8(6-10(9)11)7-12(14)15/h1-3,8,13H,4-7H2,(H,14,15). The summed E-state index contributed by atoms with van der Waals surface area (Å²) >= 11 is 0. The molecule has 0 bridgehead atoms. The Labute approximate surface area is 88.4 Å². The number of carboxylic acids is 1. The molecule has 0 aliphatic heterocycles. The van der Waals surface area contributed by atoms with E-state index in [9.17, 15) is 9.90 Å². The van der Waals surface area contributed by atoms with Gasteiger partial charge in [-0.1, -0.05) is 12.1 Å². The molecule has 0 saturated heterocycles. The van der Waals surface area contributed by atoms with Crippen LogP contribution in [-0.2, 0) is 17.6 Å². The maximum absolute atomic E-state index is 10.6. The molecule has 1 aromatic carbocycles. The number of benzene rings is 1. The minimum absolute atomic E-state index is 0.170. The number of carbonyl (C=O) groups is 1. The van der Waals surface area contributed by atoms with E-state index in [-0.39, 0.29) is 12.3 Å². The van der Waals surface area contributed by atoms with Gasteiger partial charge in [0.15, 0.2) is 0 Å². The van der Waals surface area contributed by atoms with E-state index in [1.165, 1.54) is 0 Å². The first-order valence-corrected chi connectivity index (χ1v) is 5.18. The lowest BCUT2D eigenvalue weighted by molar-refractivity contribution is -0.138. The van der Waals surface area contributed by atoms with Crippen molar-refractivity contribution < 1.29 is 15.0 Å². The van der Waals surface area contributed by atoms with Gasteiger partial charge in [0.1, 0.15) is 5.75 Å². The molecule has 0 saturated carbocycles. The van der Waals surface area contributed by atoms with E-state index in [0.29, 0.717) is 12.2 Å². The largest absolute Gasteiger partial charge is 0.508 e. The molecule has 0 fully saturated rings. The van der Waals surface area contributed by atoms with E-state index in [1.807, 2.05) is 12.1 Å². The molecular weight excluding hydrogens is 192 g/mol. The lowest BCUT2D eigenvalue weighted by Crippen LogP contribution is -2.17. The van der Waals surface area contributed by atoms with E-state index in [0.717, 1.165) is 24.0 Å². The van der Waals surface area contributed by atoms with E-state index >= 15 is 0 Å². The SMILES string of the molecule is O=C(O)CC1CCc2cccc(O)c2C1. The summed E-state index contributed by atoms with van der Waals surface area (Å²) < 4.78 is 0. The predicted molar refractivity (Wildman–Crippen MR) is 55.9 cm³/mol. The number of aliphatic carboxylic acids is 1. The van der Waals surface area contributed by atoms with Crippen LogP contribution in [0, 0.1) is 5.92 Å². The average molecular weight is 206 g/mol. The Kier molecular flexibility index (Phi) is 2.62. The van der Waals surface area contributed by atoms with Crippen molar-refractivity contribution in [2.24, 2.45) is 5.92 Å². The summed E-state index contributed by atoms with van der Waals surface area (Å²) in [5.41, 5.74) is 2.10. The second kappa shape index (κ2) is 3.93. The van der Waals surface area contributed by atoms with Crippen LogP contribution in [0.25, 0.3) is 0 Å². The average Bonchev–Trinajstić information content (AvgIpc) is 2.18. The Hall–Kier alpha value is -1.51. The molecule has 3 nitrogen and oxygen atoms in total. The Balaban J connectivity index is 2.18. The molecule has 1 unspecified atom stereocenters. The molecule has 2 N–H and O–H groups in total. The first-order valence-electron chi connectivity index (χ1n) is 5.18. The van der Waals surface area contributed by atoms with Crippen LogP contribution in [0.15, 0.2) is 18.2 Å². The molecule has 1 atom stereocenters. The third-order valence-electron chi connectivity index (χ3n) is 3.03. The number of phenols is 1. The highest BCUT2D eigenvalue weighted by Crippen LogP contribution is 2.32. The highest BCUT2D eigenvalue weighted by Gasteiger charge is 2.22. The van der Waals surface area contributed by atoms with Crippen LogP contribution in [-0.4, -0.2) is 16.2 Å². The Morgan fingerprint density at radius 1 is 1.47 bits per heavy atom. The lowest BCUT2D eigenvalue weighted by Gasteiger charge is -2.23. The molecule has 1 aliphatic carbocycles. The van der Waals surface area contributed by atoms with Crippen LogP contribution in [0.5, 0.6) is 5.75 Å². The topological polar surface area (TPSA) is 57.5 Å². The van der Waals surface area contributed by atoms with Gasteiger partial charge in [0.2, 0.25) is 0 Å². The van der Waals surface area contributed by atoms with Crippen molar-refractivity contribution in [2.75, 3.05) is 0 Å². The molecule has 3 heteroatoms. The number of hydrogen-bond acceptors (Lipinski definition) is 2. The molecule has 0 amide bonds. The highest BCUT2D eigenvalue weighted by molar-refractivity contribution is 5.67. The minimum Gasteiger partial charge on any atom is -0.508 e. The molecule has 0 radical (unpaired) electrons. The van der Waals surface area contributed by atoms with Crippen molar-refractivity contribution >= 4 is 5.97 Å². The Morgan fingerprint density at radius 3 is 3.00 bits per heavy atom. The quantitative estimate of drug-likeness (QED) is 0.777. The first kappa shape index (κ1) is 10.0. The van der Waals surface area contributed by atoms with Crippen LogP contribution in [0.3, 0.4) is 0 Å². The van der Waals surface area contributed by atoms with Crippen molar-refractivity contribution in [1.29, 1.82) is 0 Å². The fourth-order valence-electron chi connectivity index (χ4n) is 2.26. The second-order valence-electron chi connectivity index (χ2n) is 4.12. The number of aryl methyl sites for hydroxylation is 1. The van der Waals surface area contributed by atoms with Gasteiger partial charge in [0, 0.05) is 6.42 Å². The number of aromatic hydroxyl groups is 1. The fraction of sp³-hybridized carbons (Fsp3) is 0.417. The molecule has 1 aliphatic rings. The van der Waals surface area contributed by atoms with Gasteiger partial charge in [-0.2, -0.15) is 0 Å². The summed E-state index contributed by atoms with van der Waals surface area (Å²) in [7, 11) is 0. The van der Waals surface area contributed by atoms with Crippen LogP contribution in [0.4, 0.5) is 0 Å². The van der Waals surface area contributed by atoms with E-state index in [4.69, 9.17) is 5.11 Å². The van der Waals surface area contributed by atoms with Gasteiger partial charge in [-0.3, -0.25) is 4.79 Å². The summed E-state index contributed by atoms with van der Waals surface area (Å²) in [6.45, 7) is 0. The first-order chi connectivity index (χ1) is 7.16. The molecule has 15 heavy (non-hydrogen) atoms.